The molecule has 100 valence electrons. The highest BCUT2D eigenvalue weighted by molar-refractivity contribution is 6.29. The van der Waals surface area contributed by atoms with Gasteiger partial charge in [0.05, 0.1) is 12.4 Å². The third kappa shape index (κ3) is 1.69. The summed E-state index contributed by atoms with van der Waals surface area (Å²) in [6.45, 7) is 1.11. The monoisotopic (exact) mass is 288 g/mol. The van der Waals surface area contributed by atoms with Crippen molar-refractivity contribution in [3.63, 3.8) is 0 Å². The van der Waals surface area contributed by atoms with Gasteiger partial charge in [-0.15, -0.1) is 10.2 Å². The molecule has 0 spiro atoms. The molecule has 0 fully saturated rings. The van der Waals surface area contributed by atoms with Crippen LogP contribution in [0.4, 0.5) is 0 Å². The van der Waals surface area contributed by atoms with Crippen LogP contribution >= 0.6 is 11.6 Å². The standard InChI is InChI=1S/C13H9ClN4O2/c14-11-6-15-7-12-16-17-13(18(11)12)8-1-2-9-10(5-8)20-4-3-19-9/h1-2,5-7H,3-4H2. The molecule has 0 radical (unpaired) electrons. The molecule has 6 nitrogen and oxygen atoms in total. The molecule has 0 aliphatic carbocycles. The molecule has 20 heavy (non-hydrogen) atoms. The van der Waals surface area contributed by atoms with Crippen LogP contribution in [0.2, 0.25) is 5.15 Å². The van der Waals surface area contributed by atoms with Gasteiger partial charge < -0.3 is 9.47 Å². The summed E-state index contributed by atoms with van der Waals surface area (Å²) in [4.78, 5) is 3.99. The van der Waals surface area contributed by atoms with Gasteiger partial charge in [0.25, 0.3) is 0 Å². The number of rotatable bonds is 1. The maximum absolute atomic E-state index is 6.16. The van der Waals surface area contributed by atoms with Crippen molar-refractivity contribution in [2.75, 3.05) is 13.2 Å². The molecule has 0 saturated heterocycles. The van der Waals surface area contributed by atoms with E-state index < -0.39 is 0 Å². The molecule has 0 bridgehead atoms. The van der Waals surface area contributed by atoms with Crippen molar-refractivity contribution >= 4 is 17.2 Å². The van der Waals surface area contributed by atoms with Crippen LogP contribution in [0, 0.1) is 0 Å². The lowest BCUT2D eigenvalue weighted by Crippen LogP contribution is -2.15. The lowest BCUT2D eigenvalue weighted by atomic mass is 10.2. The molecular formula is C13H9ClN4O2. The Morgan fingerprint density at radius 1 is 1.05 bits per heavy atom. The summed E-state index contributed by atoms with van der Waals surface area (Å²) in [6, 6.07) is 5.64. The third-order valence-corrected chi connectivity index (χ3v) is 3.34. The van der Waals surface area contributed by atoms with E-state index in [1.807, 2.05) is 18.2 Å². The van der Waals surface area contributed by atoms with Crippen LogP contribution in [0.1, 0.15) is 0 Å². The van der Waals surface area contributed by atoms with E-state index in [2.05, 4.69) is 15.2 Å². The maximum atomic E-state index is 6.16. The molecule has 7 heteroatoms. The zero-order valence-electron chi connectivity index (χ0n) is 10.3. The molecule has 1 aliphatic heterocycles. The minimum absolute atomic E-state index is 0.456. The van der Waals surface area contributed by atoms with Crippen LogP contribution in [-0.2, 0) is 0 Å². The molecule has 3 heterocycles. The number of fused-ring (bicyclic) bond motifs is 2. The first-order valence-electron chi connectivity index (χ1n) is 6.07. The molecule has 1 aromatic carbocycles. The van der Waals surface area contributed by atoms with Crippen LogP contribution in [0.25, 0.3) is 17.0 Å². The zero-order valence-corrected chi connectivity index (χ0v) is 11.0. The Morgan fingerprint density at radius 2 is 1.90 bits per heavy atom. The van der Waals surface area contributed by atoms with E-state index in [4.69, 9.17) is 21.1 Å². The van der Waals surface area contributed by atoms with Crippen molar-refractivity contribution in [3.05, 3.63) is 35.7 Å². The third-order valence-electron chi connectivity index (χ3n) is 3.07. The van der Waals surface area contributed by atoms with Gasteiger partial charge in [0.15, 0.2) is 23.0 Å². The summed E-state index contributed by atoms with van der Waals surface area (Å²) >= 11 is 6.16. The summed E-state index contributed by atoms with van der Waals surface area (Å²) in [6.07, 6.45) is 3.17. The minimum atomic E-state index is 0.456. The lowest BCUT2D eigenvalue weighted by Gasteiger charge is -2.18. The number of halogens is 1. The van der Waals surface area contributed by atoms with Gasteiger partial charge in [-0.2, -0.15) is 0 Å². The number of hydrogen-bond acceptors (Lipinski definition) is 5. The molecular weight excluding hydrogens is 280 g/mol. The van der Waals surface area contributed by atoms with Gasteiger partial charge in [-0.1, -0.05) is 11.6 Å². The number of aromatic nitrogens is 4. The fraction of sp³-hybridized carbons (Fsp3) is 0.154. The van der Waals surface area contributed by atoms with Crippen LogP contribution in [-0.4, -0.2) is 32.8 Å². The highest BCUT2D eigenvalue weighted by Gasteiger charge is 2.16. The van der Waals surface area contributed by atoms with Crippen molar-refractivity contribution in [3.8, 4) is 22.9 Å². The van der Waals surface area contributed by atoms with Crippen LogP contribution in [0.5, 0.6) is 11.5 Å². The fourth-order valence-corrected chi connectivity index (χ4v) is 2.41. The molecule has 0 saturated carbocycles. The topological polar surface area (TPSA) is 61.5 Å². The molecule has 0 N–H and O–H groups in total. The first kappa shape index (κ1) is 11.5. The first-order valence-corrected chi connectivity index (χ1v) is 6.45. The van der Waals surface area contributed by atoms with Gasteiger partial charge in [0, 0.05) is 5.56 Å². The Bertz CT molecular complexity index is 802. The summed E-state index contributed by atoms with van der Waals surface area (Å²) < 4.78 is 12.8. The molecule has 3 aromatic rings. The normalized spacial score (nSPS) is 13.7. The molecule has 2 aromatic heterocycles. The summed E-state index contributed by atoms with van der Waals surface area (Å²) in [5.41, 5.74) is 1.46. The minimum Gasteiger partial charge on any atom is -0.486 e. The van der Waals surface area contributed by atoms with Gasteiger partial charge in [-0.3, -0.25) is 9.38 Å². The Hall–Kier alpha value is -2.34. The summed E-state index contributed by atoms with van der Waals surface area (Å²) in [7, 11) is 0. The number of ether oxygens (including phenoxy) is 2. The van der Waals surface area contributed by atoms with Crippen LogP contribution in [0.15, 0.2) is 30.6 Å². The number of benzene rings is 1. The van der Waals surface area contributed by atoms with E-state index in [0.717, 1.165) is 11.3 Å². The predicted octanol–water partition coefficient (Wildman–Crippen LogP) is 2.22. The number of hydrogen-bond donors (Lipinski definition) is 0. The highest BCUT2D eigenvalue weighted by Crippen LogP contribution is 2.34. The summed E-state index contributed by atoms with van der Waals surface area (Å²) in [5, 5.41) is 8.69. The smallest absolute Gasteiger partial charge is 0.180 e. The van der Waals surface area contributed by atoms with E-state index in [1.165, 1.54) is 0 Å². The fourth-order valence-electron chi connectivity index (χ4n) is 2.18. The predicted molar refractivity (Wildman–Crippen MR) is 72.2 cm³/mol. The second-order valence-corrected chi connectivity index (χ2v) is 4.69. The Labute approximate surface area is 118 Å². The van der Waals surface area contributed by atoms with E-state index in [1.54, 1.807) is 16.8 Å². The van der Waals surface area contributed by atoms with E-state index in [-0.39, 0.29) is 0 Å². The second-order valence-electron chi connectivity index (χ2n) is 4.31. The van der Waals surface area contributed by atoms with Crippen LogP contribution < -0.4 is 9.47 Å². The van der Waals surface area contributed by atoms with Gasteiger partial charge in [-0.05, 0) is 18.2 Å². The zero-order chi connectivity index (χ0) is 13.5. The first-order chi connectivity index (χ1) is 9.83. The van der Waals surface area contributed by atoms with Crippen LogP contribution in [0.3, 0.4) is 0 Å². The van der Waals surface area contributed by atoms with Gasteiger partial charge in [0.1, 0.15) is 18.4 Å². The Balaban J connectivity index is 1.91. The second kappa shape index (κ2) is 4.35. The van der Waals surface area contributed by atoms with Crippen molar-refractivity contribution in [1.82, 2.24) is 19.6 Å². The van der Waals surface area contributed by atoms with E-state index in [9.17, 15) is 0 Å². The quantitative estimate of drug-likeness (QED) is 0.687. The average Bonchev–Trinajstić information content (AvgIpc) is 2.92. The lowest BCUT2D eigenvalue weighted by molar-refractivity contribution is 0.171. The molecule has 4 rings (SSSR count). The molecule has 1 aliphatic rings. The van der Waals surface area contributed by atoms with Gasteiger partial charge in [0.2, 0.25) is 0 Å². The SMILES string of the molecule is Clc1cncc2nnc(-c3ccc4c(c3)OCCO4)n12. The van der Waals surface area contributed by atoms with E-state index in [0.29, 0.717) is 35.6 Å². The number of nitrogens with zero attached hydrogens (tertiary/aromatic N) is 4. The van der Waals surface area contributed by atoms with Crippen molar-refractivity contribution in [1.29, 1.82) is 0 Å². The van der Waals surface area contributed by atoms with Crippen molar-refractivity contribution in [2.45, 2.75) is 0 Å². The van der Waals surface area contributed by atoms with E-state index >= 15 is 0 Å². The molecule has 0 atom stereocenters. The Morgan fingerprint density at radius 3 is 2.80 bits per heavy atom. The molecule has 0 amide bonds. The average molecular weight is 289 g/mol. The van der Waals surface area contributed by atoms with Crippen molar-refractivity contribution in [2.24, 2.45) is 0 Å². The summed E-state index contributed by atoms with van der Waals surface area (Å²) in [5.74, 6) is 2.08. The molecule has 0 unspecified atom stereocenters. The van der Waals surface area contributed by atoms with Gasteiger partial charge >= 0.3 is 0 Å². The Kier molecular flexibility index (Phi) is 2.50. The van der Waals surface area contributed by atoms with Crippen molar-refractivity contribution < 1.29 is 9.47 Å². The van der Waals surface area contributed by atoms with Gasteiger partial charge in [-0.25, -0.2) is 0 Å². The maximum Gasteiger partial charge on any atom is 0.180 e. The largest absolute Gasteiger partial charge is 0.486 e. The highest BCUT2D eigenvalue weighted by atomic mass is 35.5.